The molecule has 0 aliphatic heterocycles. The molecular weight excluding hydrogens is 599 g/mol. The van der Waals surface area contributed by atoms with Crippen LogP contribution in [0.3, 0.4) is 0 Å². The number of rotatable bonds is 3. The molecule has 49 heavy (non-hydrogen) atoms. The van der Waals surface area contributed by atoms with E-state index >= 15 is 0 Å². The zero-order valence-corrected chi connectivity index (χ0v) is 26.2. The van der Waals surface area contributed by atoms with Crippen molar-refractivity contribution in [3.05, 3.63) is 163 Å². The third-order valence-corrected chi connectivity index (χ3v) is 9.89. The fraction of sp³-hybridized carbons (Fsp3) is 0. The summed E-state index contributed by atoms with van der Waals surface area (Å²) in [6.45, 7) is 0. The average molecular weight is 624 g/mol. The van der Waals surface area contributed by atoms with E-state index in [1.54, 1.807) is 6.07 Å². The van der Waals surface area contributed by atoms with Gasteiger partial charge in [0.1, 0.15) is 12.1 Å². The van der Waals surface area contributed by atoms with Crippen molar-refractivity contribution in [2.75, 3.05) is 0 Å². The molecule has 0 saturated carbocycles. The topological polar surface area (TPSA) is 62.4 Å². The fourth-order valence-corrected chi connectivity index (χ4v) is 7.99. The summed E-state index contributed by atoms with van der Waals surface area (Å²) in [5.74, 6) is 0. The molecule has 5 nitrogen and oxygen atoms in total. The summed E-state index contributed by atoms with van der Waals surface area (Å²) in [6, 6.07) is 57.0. The van der Waals surface area contributed by atoms with Crippen molar-refractivity contribution in [3.8, 4) is 29.2 Å². The molecule has 0 radical (unpaired) electrons. The first kappa shape index (κ1) is 27.1. The minimum atomic E-state index is 0.449. The lowest BCUT2D eigenvalue weighted by Gasteiger charge is -2.14. The molecule has 0 spiro atoms. The first-order valence-electron chi connectivity index (χ1n) is 16.3. The van der Waals surface area contributed by atoms with Crippen molar-refractivity contribution in [2.45, 2.75) is 0 Å². The molecule has 0 aliphatic rings. The molecule has 3 aromatic heterocycles. The zero-order valence-electron chi connectivity index (χ0n) is 26.2. The van der Waals surface area contributed by atoms with Crippen LogP contribution in [0.25, 0.3) is 82.5 Å². The van der Waals surface area contributed by atoms with Crippen LogP contribution in [0, 0.1) is 22.7 Å². The van der Waals surface area contributed by atoms with Gasteiger partial charge in [0.15, 0.2) is 0 Å². The Labute approximate surface area is 280 Å². The van der Waals surface area contributed by atoms with Crippen LogP contribution in [0.5, 0.6) is 0 Å². The molecule has 0 N–H and O–H groups in total. The van der Waals surface area contributed by atoms with Crippen molar-refractivity contribution in [3.63, 3.8) is 0 Å². The second kappa shape index (κ2) is 10.2. The van der Waals surface area contributed by atoms with E-state index < -0.39 is 0 Å². The van der Waals surface area contributed by atoms with Crippen molar-refractivity contribution >= 4 is 65.4 Å². The Hall–Kier alpha value is -7.08. The van der Waals surface area contributed by atoms with Crippen LogP contribution < -0.4 is 0 Å². The second-order valence-electron chi connectivity index (χ2n) is 12.3. The molecule has 0 saturated heterocycles. The third kappa shape index (κ3) is 3.62. The van der Waals surface area contributed by atoms with Crippen molar-refractivity contribution in [2.24, 2.45) is 0 Å². The lowest BCUT2D eigenvalue weighted by molar-refractivity contribution is 1.16. The van der Waals surface area contributed by atoms with Crippen LogP contribution in [0.4, 0.5) is 0 Å². The van der Waals surface area contributed by atoms with E-state index in [0.29, 0.717) is 16.8 Å². The highest BCUT2D eigenvalue weighted by molar-refractivity contribution is 6.31. The second-order valence-corrected chi connectivity index (χ2v) is 12.3. The smallest absolute Gasteiger partial charge is 0.101 e. The van der Waals surface area contributed by atoms with Crippen LogP contribution in [-0.4, -0.2) is 13.7 Å². The first-order valence-corrected chi connectivity index (χ1v) is 16.3. The molecule has 0 unspecified atom stereocenters. The van der Waals surface area contributed by atoms with E-state index in [9.17, 15) is 10.5 Å². The summed E-state index contributed by atoms with van der Waals surface area (Å²) in [5, 5.41) is 27.6. The highest BCUT2D eigenvalue weighted by atomic mass is 15.0. The van der Waals surface area contributed by atoms with Crippen LogP contribution in [0.15, 0.2) is 152 Å². The van der Waals surface area contributed by atoms with Crippen molar-refractivity contribution < 1.29 is 0 Å². The van der Waals surface area contributed by atoms with Crippen LogP contribution in [-0.2, 0) is 0 Å². The molecule has 10 rings (SSSR count). The number of nitrogens with zero attached hydrogens (tertiary/aromatic N) is 5. The number of aromatic nitrogens is 3. The standard InChI is InChI=1S/C44H25N5/c45-26-28-12-11-13-29(27-46)42(28)49-43-32(22-24-38-40(43)34-18-7-9-20-36(34)47(38)30-14-3-1-4-15-30)33-23-25-39-41(44(33)49)35-19-8-10-21-37(35)48(39)31-16-5-2-6-17-31/h1-25H. The van der Waals surface area contributed by atoms with Crippen LogP contribution >= 0.6 is 0 Å². The third-order valence-electron chi connectivity index (χ3n) is 9.89. The molecule has 10 aromatic rings. The van der Waals surface area contributed by atoms with Gasteiger partial charge in [-0.3, -0.25) is 0 Å². The molecule has 0 aliphatic carbocycles. The van der Waals surface area contributed by atoms with E-state index in [-0.39, 0.29) is 0 Å². The maximum atomic E-state index is 10.6. The van der Waals surface area contributed by atoms with Crippen LogP contribution in [0.1, 0.15) is 11.1 Å². The number of fused-ring (bicyclic) bond motifs is 11. The molecule has 226 valence electrons. The maximum absolute atomic E-state index is 10.6. The molecule has 0 bridgehead atoms. The highest BCUT2D eigenvalue weighted by Crippen LogP contribution is 2.46. The van der Waals surface area contributed by atoms with Crippen molar-refractivity contribution in [1.29, 1.82) is 10.5 Å². The summed E-state index contributed by atoms with van der Waals surface area (Å²) in [4.78, 5) is 0. The van der Waals surface area contributed by atoms with Gasteiger partial charge in [0, 0.05) is 43.7 Å². The van der Waals surface area contributed by atoms with Gasteiger partial charge >= 0.3 is 0 Å². The monoisotopic (exact) mass is 623 g/mol. The number of para-hydroxylation sites is 5. The Morgan fingerprint density at radius 3 is 1.22 bits per heavy atom. The number of nitriles is 2. The predicted molar refractivity (Wildman–Crippen MR) is 199 cm³/mol. The highest BCUT2D eigenvalue weighted by Gasteiger charge is 2.26. The molecule has 3 heterocycles. The Morgan fingerprint density at radius 2 is 0.776 bits per heavy atom. The SMILES string of the molecule is N#Cc1cccc(C#N)c1-n1c2c(ccc3c2c2ccccc2n3-c2ccccc2)c2ccc3c(c4ccccc4n3-c3ccccc3)c21. The Morgan fingerprint density at radius 1 is 0.347 bits per heavy atom. The largest absolute Gasteiger partial charge is 0.309 e. The van der Waals surface area contributed by atoms with Gasteiger partial charge in [-0.05, 0) is 60.7 Å². The van der Waals surface area contributed by atoms with Gasteiger partial charge in [0.05, 0.1) is 49.9 Å². The minimum absolute atomic E-state index is 0.449. The number of hydrogen-bond acceptors (Lipinski definition) is 2. The molecule has 5 heteroatoms. The first-order chi connectivity index (χ1) is 24.3. The number of benzene rings is 7. The van der Waals surface area contributed by atoms with Gasteiger partial charge in [0.2, 0.25) is 0 Å². The zero-order chi connectivity index (χ0) is 32.6. The summed E-state index contributed by atoms with van der Waals surface area (Å²) in [5.41, 5.74) is 9.87. The molecule has 0 amide bonds. The van der Waals surface area contributed by atoms with Crippen molar-refractivity contribution in [1.82, 2.24) is 13.7 Å². The van der Waals surface area contributed by atoms with E-state index in [0.717, 1.165) is 76.8 Å². The van der Waals surface area contributed by atoms with Gasteiger partial charge in [-0.15, -0.1) is 0 Å². The summed E-state index contributed by atoms with van der Waals surface area (Å²) in [7, 11) is 0. The fourth-order valence-electron chi connectivity index (χ4n) is 7.99. The molecule has 0 atom stereocenters. The molecule has 0 fully saturated rings. The van der Waals surface area contributed by atoms with Gasteiger partial charge in [0.25, 0.3) is 0 Å². The lowest BCUT2D eigenvalue weighted by Crippen LogP contribution is -2.02. The normalized spacial score (nSPS) is 11.6. The molecule has 7 aromatic carbocycles. The van der Waals surface area contributed by atoms with Gasteiger partial charge in [-0.25, -0.2) is 0 Å². The Bertz CT molecular complexity index is 2850. The van der Waals surface area contributed by atoms with E-state index in [1.165, 1.54) is 0 Å². The maximum Gasteiger partial charge on any atom is 0.101 e. The summed E-state index contributed by atoms with van der Waals surface area (Å²) < 4.78 is 6.84. The predicted octanol–water partition coefficient (Wildman–Crippen LogP) is 10.7. The van der Waals surface area contributed by atoms with E-state index in [1.807, 2.05) is 24.3 Å². The van der Waals surface area contributed by atoms with E-state index in [4.69, 9.17) is 0 Å². The van der Waals surface area contributed by atoms with Gasteiger partial charge in [-0.1, -0.05) is 91.0 Å². The summed E-state index contributed by atoms with van der Waals surface area (Å²) in [6.07, 6.45) is 0. The minimum Gasteiger partial charge on any atom is -0.309 e. The Kier molecular flexibility index (Phi) is 5.64. The van der Waals surface area contributed by atoms with Crippen LogP contribution in [0.2, 0.25) is 0 Å². The van der Waals surface area contributed by atoms with E-state index in [2.05, 4.69) is 147 Å². The quantitative estimate of drug-likeness (QED) is 0.197. The van der Waals surface area contributed by atoms with Gasteiger partial charge in [-0.2, -0.15) is 10.5 Å². The average Bonchev–Trinajstić information content (AvgIpc) is 3.80. The molecular formula is C44H25N5. The Balaban J connectivity index is 1.52. The lowest BCUT2D eigenvalue weighted by atomic mass is 10.1. The summed E-state index contributed by atoms with van der Waals surface area (Å²) >= 11 is 0. The number of hydrogen-bond donors (Lipinski definition) is 0. The van der Waals surface area contributed by atoms with Gasteiger partial charge < -0.3 is 13.7 Å².